The molecule has 33 heavy (non-hydrogen) atoms. The second-order valence-electron chi connectivity index (χ2n) is 9.47. The molecule has 1 atom stereocenters. The number of hydrogen-bond acceptors (Lipinski definition) is 4. The number of fused-ring (bicyclic) bond motifs is 1. The van der Waals surface area contributed by atoms with Crippen LogP contribution in [0.5, 0.6) is 11.5 Å². The third kappa shape index (κ3) is 5.46. The molecular formula is C29H34N2OS. The Labute approximate surface area is 202 Å². The molecule has 2 aliphatic heterocycles. The lowest BCUT2D eigenvalue weighted by Crippen LogP contribution is -2.30. The number of ether oxygens (including phenoxy) is 1. The summed E-state index contributed by atoms with van der Waals surface area (Å²) in [5.74, 6) is 2.25. The SMILES string of the molecule is CSc1ccc(C2CN(C)Cc3cc(Oc4cccc(CN5CCCCC5)c4)ccc32)cc1. The molecule has 0 amide bonds. The van der Waals surface area contributed by atoms with Crippen molar-refractivity contribution in [3.8, 4) is 11.5 Å². The molecule has 3 aromatic carbocycles. The average molecular weight is 459 g/mol. The van der Waals surface area contributed by atoms with Crippen LogP contribution in [0.3, 0.4) is 0 Å². The minimum atomic E-state index is 0.400. The van der Waals surface area contributed by atoms with E-state index in [0.29, 0.717) is 5.92 Å². The Kier molecular flexibility index (Phi) is 7.05. The van der Waals surface area contributed by atoms with Crippen LogP contribution in [0, 0.1) is 0 Å². The van der Waals surface area contributed by atoms with Gasteiger partial charge in [0, 0.05) is 30.4 Å². The average Bonchev–Trinajstić information content (AvgIpc) is 2.84. The molecule has 0 bridgehead atoms. The van der Waals surface area contributed by atoms with E-state index < -0.39 is 0 Å². The van der Waals surface area contributed by atoms with Crippen LogP contribution in [0.25, 0.3) is 0 Å². The van der Waals surface area contributed by atoms with Crippen LogP contribution in [0.15, 0.2) is 71.6 Å². The second kappa shape index (κ2) is 10.3. The van der Waals surface area contributed by atoms with Gasteiger partial charge in [-0.25, -0.2) is 0 Å². The summed E-state index contributed by atoms with van der Waals surface area (Å²) in [7, 11) is 2.21. The summed E-state index contributed by atoms with van der Waals surface area (Å²) >= 11 is 1.79. The number of likely N-dealkylation sites (N-methyl/N-ethyl adjacent to an activating group) is 1. The van der Waals surface area contributed by atoms with E-state index in [0.717, 1.165) is 31.1 Å². The summed E-state index contributed by atoms with van der Waals surface area (Å²) in [5, 5.41) is 0. The topological polar surface area (TPSA) is 15.7 Å². The van der Waals surface area contributed by atoms with E-state index in [1.54, 1.807) is 11.8 Å². The molecule has 3 nitrogen and oxygen atoms in total. The first-order valence-corrected chi connectivity index (χ1v) is 13.3. The number of benzene rings is 3. The molecule has 1 fully saturated rings. The van der Waals surface area contributed by atoms with Crippen LogP contribution in [0.4, 0.5) is 0 Å². The van der Waals surface area contributed by atoms with Gasteiger partial charge in [-0.2, -0.15) is 0 Å². The van der Waals surface area contributed by atoms with Crippen molar-refractivity contribution in [3.05, 3.63) is 89.0 Å². The molecule has 0 aliphatic carbocycles. The fraction of sp³-hybridized carbons (Fsp3) is 0.379. The molecule has 3 aromatic rings. The Balaban J connectivity index is 1.33. The first-order chi connectivity index (χ1) is 16.2. The first kappa shape index (κ1) is 22.5. The van der Waals surface area contributed by atoms with Crippen molar-refractivity contribution in [1.29, 1.82) is 0 Å². The summed E-state index contributed by atoms with van der Waals surface area (Å²) in [5.41, 5.74) is 5.52. The summed E-state index contributed by atoms with van der Waals surface area (Å²) in [6, 6.07) is 24.3. The van der Waals surface area contributed by atoms with E-state index in [-0.39, 0.29) is 0 Å². The third-order valence-electron chi connectivity index (χ3n) is 6.93. The highest BCUT2D eigenvalue weighted by atomic mass is 32.2. The molecule has 4 heteroatoms. The normalized spacial score (nSPS) is 19.3. The number of piperidine rings is 1. The zero-order valence-electron chi connectivity index (χ0n) is 19.8. The van der Waals surface area contributed by atoms with Gasteiger partial charge in [0.15, 0.2) is 0 Å². The number of rotatable bonds is 6. The minimum absolute atomic E-state index is 0.400. The van der Waals surface area contributed by atoms with Crippen molar-refractivity contribution >= 4 is 11.8 Å². The highest BCUT2D eigenvalue weighted by molar-refractivity contribution is 7.98. The Morgan fingerprint density at radius 3 is 2.48 bits per heavy atom. The van der Waals surface area contributed by atoms with Gasteiger partial charge >= 0.3 is 0 Å². The summed E-state index contributed by atoms with van der Waals surface area (Å²) < 4.78 is 6.34. The summed E-state index contributed by atoms with van der Waals surface area (Å²) in [6.45, 7) is 5.45. The van der Waals surface area contributed by atoms with Crippen molar-refractivity contribution in [3.63, 3.8) is 0 Å². The molecule has 1 saturated heterocycles. The first-order valence-electron chi connectivity index (χ1n) is 12.1. The fourth-order valence-electron chi connectivity index (χ4n) is 5.23. The molecular weight excluding hydrogens is 424 g/mol. The smallest absolute Gasteiger partial charge is 0.127 e. The highest BCUT2D eigenvalue weighted by Crippen LogP contribution is 2.36. The van der Waals surface area contributed by atoms with E-state index in [9.17, 15) is 0 Å². The summed E-state index contributed by atoms with van der Waals surface area (Å²) in [4.78, 5) is 6.29. The molecule has 2 heterocycles. The van der Waals surface area contributed by atoms with Gasteiger partial charge in [-0.05, 0) is 97.9 Å². The zero-order chi connectivity index (χ0) is 22.6. The van der Waals surface area contributed by atoms with Crippen LogP contribution in [0.1, 0.15) is 47.4 Å². The molecule has 1 unspecified atom stereocenters. The third-order valence-corrected chi connectivity index (χ3v) is 7.68. The quantitative estimate of drug-likeness (QED) is 0.379. The Morgan fingerprint density at radius 1 is 0.909 bits per heavy atom. The zero-order valence-corrected chi connectivity index (χ0v) is 20.6. The predicted molar refractivity (Wildman–Crippen MR) is 138 cm³/mol. The van der Waals surface area contributed by atoms with Gasteiger partial charge in [-0.3, -0.25) is 4.90 Å². The van der Waals surface area contributed by atoms with Crippen molar-refractivity contribution < 1.29 is 4.74 Å². The maximum absolute atomic E-state index is 6.34. The number of nitrogens with zero attached hydrogens (tertiary/aromatic N) is 2. The molecule has 172 valence electrons. The molecule has 0 radical (unpaired) electrons. The maximum atomic E-state index is 6.34. The highest BCUT2D eigenvalue weighted by Gasteiger charge is 2.25. The van der Waals surface area contributed by atoms with Gasteiger partial charge in [0.1, 0.15) is 11.5 Å². The maximum Gasteiger partial charge on any atom is 0.127 e. The van der Waals surface area contributed by atoms with Crippen LogP contribution in [-0.4, -0.2) is 42.7 Å². The van der Waals surface area contributed by atoms with Gasteiger partial charge in [0.05, 0.1) is 0 Å². The predicted octanol–water partition coefficient (Wildman–Crippen LogP) is 6.76. The fourth-order valence-corrected chi connectivity index (χ4v) is 5.64. The van der Waals surface area contributed by atoms with Gasteiger partial charge in [0.25, 0.3) is 0 Å². The lowest BCUT2D eigenvalue weighted by atomic mass is 9.85. The van der Waals surface area contributed by atoms with E-state index >= 15 is 0 Å². The van der Waals surface area contributed by atoms with Crippen LogP contribution < -0.4 is 4.74 Å². The van der Waals surface area contributed by atoms with E-state index in [1.807, 2.05) is 0 Å². The largest absolute Gasteiger partial charge is 0.457 e. The Hall–Kier alpha value is -2.27. The lowest BCUT2D eigenvalue weighted by Gasteiger charge is -2.33. The van der Waals surface area contributed by atoms with Crippen LogP contribution >= 0.6 is 11.8 Å². The Bertz CT molecular complexity index is 1080. The van der Waals surface area contributed by atoms with Crippen LogP contribution in [0.2, 0.25) is 0 Å². The summed E-state index contributed by atoms with van der Waals surface area (Å²) in [6.07, 6.45) is 6.14. The van der Waals surface area contributed by atoms with Crippen LogP contribution in [-0.2, 0) is 13.1 Å². The van der Waals surface area contributed by atoms with Gasteiger partial charge < -0.3 is 9.64 Å². The minimum Gasteiger partial charge on any atom is -0.457 e. The van der Waals surface area contributed by atoms with Crippen molar-refractivity contribution in [2.24, 2.45) is 0 Å². The van der Waals surface area contributed by atoms with Gasteiger partial charge in [0.2, 0.25) is 0 Å². The van der Waals surface area contributed by atoms with Crippen molar-refractivity contribution in [2.75, 3.05) is 32.9 Å². The molecule has 5 rings (SSSR count). The molecule has 2 aliphatic rings. The van der Waals surface area contributed by atoms with E-state index in [4.69, 9.17) is 4.74 Å². The van der Waals surface area contributed by atoms with Crippen molar-refractivity contribution in [2.45, 2.75) is 43.2 Å². The van der Waals surface area contributed by atoms with E-state index in [2.05, 4.69) is 89.8 Å². The molecule has 0 aromatic heterocycles. The van der Waals surface area contributed by atoms with Gasteiger partial charge in [-0.15, -0.1) is 11.8 Å². The number of hydrogen-bond donors (Lipinski definition) is 0. The van der Waals surface area contributed by atoms with Crippen molar-refractivity contribution in [1.82, 2.24) is 9.80 Å². The van der Waals surface area contributed by atoms with E-state index in [1.165, 1.54) is 59.5 Å². The second-order valence-corrected chi connectivity index (χ2v) is 10.3. The standard InChI is InChI=1S/C29H34N2OS/c1-30-20-24-18-26(11-14-28(24)29(21-30)23-9-12-27(33-2)13-10-23)32-25-8-6-7-22(17-25)19-31-15-4-3-5-16-31/h6-14,17-18,29H,3-5,15-16,19-21H2,1-2H3. The number of likely N-dealkylation sites (tertiary alicyclic amines) is 1. The Morgan fingerprint density at radius 2 is 1.70 bits per heavy atom. The molecule has 0 N–H and O–H groups in total. The monoisotopic (exact) mass is 458 g/mol. The number of thioether (sulfide) groups is 1. The molecule has 0 saturated carbocycles. The molecule has 0 spiro atoms. The van der Waals surface area contributed by atoms with Gasteiger partial charge in [-0.1, -0.05) is 36.8 Å². The lowest BCUT2D eigenvalue weighted by molar-refractivity contribution is 0.220.